The van der Waals surface area contributed by atoms with Crippen LogP contribution in [0.2, 0.25) is 0 Å². The van der Waals surface area contributed by atoms with E-state index in [0.717, 1.165) is 24.8 Å². The molecule has 2 nitrogen and oxygen atoms in total. The van der Waals surface area contributed by atoms with E-state index in [4.69, 9.17) is 0 Å². The summed E-state index contributed by atoms with van der Waals surface area (Å²) < 4.78 is 0. The fourth-order valence-electron chi connectivity index (χ4n) is 2.67. The maximum atomic E-state index is 10.2. The molecule has 0 aliphatic rings. The molecule has 0 spiro atoms. The van der Waals surface area contributed by atoms with Crippen LogP contribution in [-0.2, 0) is 6.42 Å². The van der Waals surface area contributed by atoms with Gasteiger partial charge >= 0.3 is 0 Å². The van der Waals surface area contributed by atoms with Crippen molar-refractivity contribution in [3.8, 4) is 11.5 Å². The van der Waals surface area contributed by atoms with Gasteiger partial charge in [0.05, 0.1) is 0 Å². The lowest BCUT2D eigenvalue weighted by molar-refractivity contribution is 0.440. The molecule has 0 aliphatic heterocycles. The summed E-state index contributed by atoms with van der Waals surface area (Å²) in [5.74, 6) is 0.336. The standard InChI is InChI=1S/C23H34O2/c1-5-6-7-8-9-13-20-16-22(24)21(23(25)17-20)15-14-19(4)12-10-11-18(2)3/h9,11,13-14,16-17,24-25H,5-8,10,12,15H2,1-4H3/b13-9+,19-14+. The molecule has 0 bridgehead atoms. The molecule has 0 aromatic heterocycles. The van der Waals surface area contributed by atoms with Crippen LogP contribution < -0.4 is 0 Å². The number of phenolic OH excluding ortho intramolecular Hbond substituents is 2. The highest BCUT2D eigenvalue weighted by atomic mass is 16.3. The number of aromatic hydroxyl groups is 2. The van der Waals surface area contributed by atoms with E-state index < -0.39 is 0 Å². The third-order valence-electron chi connectivity index (χ3n) is 4.26. The minimum Gasteiger partial charge on any atom is -0.507 e. The van der Waals surface area contributed by atoms with Gasteiger partial charge in [0.2, 0.25) is 0 Å². The molecule has 0 atom stereocenters. The van der Waals surface area contributed by atoms with Crippen molar-refractivity contribution in [2.45, 2.75) is 72.6 Å². The average molecular weight is 343 g/mol. The molecule has 1 rings (SSSR count). The van der Waals surface area contributed by atoms with Gasteiger partial charge < -0.3 is 10.2 Å². The third-order valence-corrected chi connectivity index (χ3v) is 4.26. The second-order valence-corrected chi connectivity index (χ2v) is 7.01. The molecule has 0 fully saturated rings. The van der Waals surface area contributed by atoms with Crippen molar-refractivity contribution in [3.63, 3.8) is 0 Å². The summed E-state index contributed by atoms with van der Waals surface area (Å²) in [7, 11) is 0. The first kappa shape index (κ1) is 21.1. The van der Waals surface area contributed by atoms with Crippen LogP contribution in [0.4, 0.5) is 0 Å². The zero-order valence-electron chi connectivity index (χ0n) is 16.3. The van der Waals surface area contributed by atoms with Crippen LogP contribution in [0.3, 0.4) is 0 Å². The van der Waals surface area contributed by atoms with Crippen LogP contribution in [0.25, 0.3) is 6.08 Å². The molecule has 2 N–H and O–H groups in total. The molecule has 0 saturated heterocycles. The summed E-state index contributed by atoms with van der Waals surface area (Å²) in [6.45, 7) is 8.50. The highest BCUT2D eigenvalue weighted by Crippen LogP contribution is 2.30. The van der Waals surface area contributed by atoms with Crippen molar-refractivity contribution in [1.82, 2.24) is 0 Å². The second-order valence-electron chi connectivity index (χ2n) is 7.01. The average Bonchev–Trinajstić information content (AvgIpc) is 2.53. The summed E-state index contributed by atoms with van der Waals surface area (Å²) >= 11 is 0. The van der Waals surface area contributed by atoms with Gasteiger partial charge in [-0.15, -0.1) is 0 Å². The van der Waals surface area contributed by atoms with Crippen LogP contribution in [0.1, 0.15) is 77.3 Å². The van der Waals surface area contributed by atoms with Crippen molar-refractivity contribution in [1.29, 1.82) is 0 Å². The molecule has 25 heavy (non-hydrogen) atoms. The topological polar surface area (TPSA) is 40.5 Å². The maximum Gasteiger partial charge on any atom is 0.123 e. The zero-order chi connectivity index (χ0) is 18.7. The first-order valence-electron chi connectivity index (χ1n) is 9.44. The maximum absolute atomic E-state index is 10.2. The highest BCUT2D eigenvalue weighted by molar-refractivity contribution is 5.58. The van der Waals surface area contributed by atoms with E-state index in [1.165, 1.54) is 30.4 Å². The van der Waals surface area contributed by atoms with Gasteiger partial charge in [0, 0.05) is 5.56 Å². The van der Waals surface area contributed by atoms with Crippen molar-refractivity contribution in [2.24, 2.45) is 0 Å². The monoisotopic (exact) mass is 342 g/mol. The molecule has 0 amide bonds. The first-order valence-corrected chi connectivity index (χ1v) is 9.44. The van der Waals surface area contributed by atoms with Gasteiger partial charge in [-0.3, -0.25) is 0 Å². The molecule has 0 saturated carbocycles. The number of benzene rings is 1. The zero-order valence-corrected chi connectivity index (χ0v) is 16.3. The Kier molecular flexibility index (Phi) is 9.76. The second kappa shape index (κ2) is 11.6. The number of hydrogen-bond donors (Lipinski definition) is 2. The van der Waals surface area contributed by atoms with Gasteiger partial charge in [-0.1, -0.05) is 55.2 Å². The van der Waals surface area contributed by atoms with E-state index in [1.54, 1.807) is 12.1 Å². The van der Waals surface area contributed by atoms with Gasteiger partial charge in [0.25, 0.3) is 0 Å². The van der Waals surface area contributed by atoms with E-state index in [0.29, 0.717) is 12.0 Å². The predicted octanol–water partition coefficient (Wildman–Crippen LogP) is 6.93. The Bertz CT molecular complexity index is 594. The number of phenols is 2. The normalized spacial score (nSPS) is 11.9. The lowest BCUT2D eigenvalue weighted by Crippen LogP contribution is -1.88. The first-order chi connectivity index (χ1) is 11.9. The summed E-state index contributed by atoms with van der Waals surface area (Å²) in [5.41, 5.74) is 4.06. The van der Waals surface area contributed by atoms with Crippen molar-refractivity contribution >= 4 is 6.08 Å². The molecular formula is C23H34O2. The highest BCUT2D eigenvalue weighted by Gasteiger charge is 2.08. The van der Waals surface area contributed by atoms with E-state index in [9.17, 15) is 10.2 Å². The number of hydrogen-bond acceptors (Lipinski definition) is 2. The minimum absolute atomic E-state index is 0.168. The van der Waals surface area contributed by atoms with Gasteiger partial charge in [-0.2, -0.15) is 0 Å². The molecule has 1 aromatic carbocycles. The van der Waals surface area contributed by atoms with Crippen LogP contribution >= 0.6 is 0 Å². The summed E-state index contributed by atoms with van der Waals surface area (Å²) in [6, 6.07) is 3.47. The Labute approximate surface area is 153 Å². The Morgan fingerprint density at radius 3 is 2.24 bits per heavy atom. The third kappa shape index (κ3) is 8.62. The molecule has 2 heteroatoms. The molecule has 0 heterocycles. The minimum atomic E-state index is 0.168. The van der Waals surface area contributed by atoms with E-state index in [-0.39, 0.29) is 11.5 Å². The summed E-state index contributed by atoms with van der Waals surface area (Å²) in [6.07, 6.45) is 15.7. The fraction of sp³-hybridized carbons (Fsp3) is 0.478. The molecule has 0 aliphatic carbocycles. The Morgan fingerprint density at radius 2 is 1.64 bits per heavy atom. The smallest absolute Gasteiger partial charge is 0.123 e. The number of unbranched alkanes of at least 4 members (excludes halogenated alkanes) is 3. The van der Waals surface area contributed by atoms with Crippen molar-refractivity contribution < 1.29 is 10.2 Å². The predicted molar refractivity (Wildman–Crippen MR) is 109 cm³/mol. The van der Waals surface area contributed by atoms with Gasteiger partial charge in [0.1, 0.15) is 11.5 Å². The van der Waals surface area contributed by atoms with Crippen molar-refractivity contribution in [2.75, 3.05) is 0 Å². The van der Waals surface area contributed by atoms with Crippen LogP contribution in [0, 0.1) is 0 Å². The van der Waals surface area contributed by atoms with Crippen molar-refractivity contribution in [3.05, 3.63) is 52.6 Å². The SMILES string of the molecule is CCCCC/C=C/c1cc(O)c(C/C=C(\C)CCC=C(C)C)c(O)c1. The molecular weight excluding hydrogens is 308 g/mol. The number of allylic oxidation sites excluding steroid dienone is 5. The van der Waals surface area contributed by atoms with Gasteiger partial charge in [0.15, 0.2) is 0 Å². The lowest BCUT2D eigenvalue weighted by atomic mass is 10.0. The molecule has 0 unspecified atom stereocenters. The van der Waals surface area contributed by atoms with Crippen LogP contribution in [-0.4, -0.2) is 10.2 Å². The molecule has 0 radical (unpaired) electrons. The molecule has 1 aromatic rings. The van der Waals surface area contributed by atoms with E-state index in [1.807, 2.05) is 6.08 Å². The number of rotatable bonds is 10. The largest absolute Gasteiger partial charge is 0.507 e. The Morgan fingerprint density at radius 1 is 0.960 bits per heavy atom. The summed E-state index contributed by atoms with van der Waals surface area (Å²) in [4.78, 5) is 0. The van der Waals surface area contributed by atoms with Crippen LogP contribution in [0.15, 0.2) is 41.5 Å². The van der Waals surface area contributed by atoms with E-state index in [2.05, 4.69) is 45.9 Å². The Balaban J connectivity index is 2.68. The molecule has 138 valence electrons. The Hall–Kier alpha value is -1.96. The lowest BCUT2D eigenvalue weighted by Gasteiger charge is -2.08. The van der Waals surface area contributed by atoms with Gasteiger partial charge in [-0.05, 0) is 70.6 Å². The summed E-state index contributed by atoms with van der Waals surface area (Å²) in [5, 5.41) is 20.5. The van der Waals surface area contributed by atoms with Crippen LogP contribution in [0.5, 0.6) is 11.5 Å². The van der Waals surface area contributed by atoms with Gasteiger partial charge in [-0.25, -0.2) is 0 Å². The fourth-order valence-corrected chi connectivity index (χ4v) is 2.67. The quantitative estimate of drug-likeness (QED) is 0.357. The van der Waals surface area contributed by atoms with E-state index >= 15 is 0 Å².